The highest BCUT2D eigenvalue weighted by atomic mass is 29.3. The molecule has 1 saturated carbocycles. The van der Waals surface area contributed by atoms with Crippen molar-refractivity contribution < 1.29 is 0 Å². The Bertz CT molecular complexity index is 257. The zero-order chi connectivity index (χ0) is 14.0. The van der Waals surface area contributed by atoms with Gasteiger partial charge in [-0.3, -0.25) is 0 Å². The Balaban J connectivity index is 2.68. The van der Waals surface area contributed by atoms with Crippen LogP contribution in [0.3, 0.4) is 0 Å². The Hall–Kier alpha value is 0.651. The predicted molar refractivity (Wildman–Crippen MR) is 94.8 cm³/mol. The summed E-state index contributed by atoms with van der Waals surface area (Å²) in [6.07, 6.45) is 7.71. The quantitative estimate of drug-likeness (QED) is 0.534. The molecule has 1 aliphatic carbocycles. The van der Waals surface area contributed by atoms with E-state index in [9.17, 15) is 0 Å². The molecule has 0 radical (unpaired) electrons. The van der Waals surface area contributed by atoms with Crippen molar-refractivity contribution in [2.45, 2.75) is 95.6 Å². The maximum atomic E-state index is 2.75. The second-order valence-corrected chi connectivity index (χ2v) is 31.1. The topological polar surface area (TPSA) is 0 Å². The molecular weight excluding hydrogens is 264 g/mol. The minimum atomic E-state index is -0.969. The van der Waals surface area contributed by atoms with Gasteiger partial charge < -0.3 is 0 Å². The van der Waals surface area contributed by atoms with Gasteiger partial charge in [0.1, 0.15) is 0 Å². The van der Waals surface area contributed by atoms with Gasteiger partial charge in [-0.2, -0.15) is 0 Å². The maximum Gasteiger partial charge on any atom is 0.0443 e. The molecule has 1 rings (SSSR count). The summed E-state index contributed by atoms with van der Waals surface area (Å²) in [5.41, 5.74) is 1.16. The number of rotatable bonds is 5. The molecule has 0 aromatic carbocycles. The van der Waals surface area contributed by atoms with Gasteiger partial charge in [-0.1, -0.05) is 90.0 Å². The van der Waals surface area contributed by atoms with Crippen molar-refractivity contribution in [3.05, 3.63) is 0 Å². The van der Waals surface area contributed by atoms with E-state index in [4.69, 9.17) is 0 Å². The van der Waals surface area contributed by atoms with E-state index in [1.165, 1.54) is 19.3 Å². The maximum absolute atomic E-state index is 2.75. The first-order valence-corrected chi connectivity index (χ1v) is 19.1. The van der Waals surface area contributed by atoms with Crippen molar-refractivity contribution >= 4 is 23.3 Å². The molecule has 1 aliphatic rings. The van der Waals surface area contributed by atoms with Gasteiger partial charge in [0.05, 0.1) is 0 Å². The second-order valence-electron chi connectivity index (χ2n) is 9.00. The minimum Gasteiger partial charge on any atom is -0.0713 e. The van der Waals surface area contributed by atoms with Gasteiger partial charge in [0, 0.05) is 23.3 Å². The van der Waals surface area contributed by atoms with Crippen LogP contribution in [0.25, 0.3) is 0 Å². The van der Waals surface area contributed by atoms with Gasteiger partial charge in [-0.05, 0) is 5.54 Å². The first-order valence-electron chi connectivity index (χ1n) is 8.06. The van der Waals surface area contributed by atoms with Crippen molar-refractivity contribution in [2.24, 2.45) is 0 Å². The van der Waals surface area contributed by atoms with Crippen LogP contribution in [-0.2, 0) is 0 Å². The molecule has 3 heteroatoms. The lowest BCUT2D eigenvalue weighted by Gasteiger charge is -2.46. The third kappa shape index (κ3) is 4.34. The standard InChI is InChI=1S/C15H36Si3/c1-16(2,3)13-14-17(4,5)18(6,7)15-11-9-8-10-12-15/h15H,8-14H2,1-7H3. The van der Waals surface area contributed by atoms with Crippen LogP contribution in [0, 0.1) is 0 Å². The SMILES string of the molecule is C[Si](C)(C)CC[Si](C)(C)[Si](C)(C)C1CCCCC1. The molecule has 0 saturated heterocycles. The fourth-order valence-electron chi connectivity index (χ4n) is 3.39. The van der Waals surface area contributed by atoms with Crippen molar-refractivity contribution in [3.8, 4) is 0 Å². The molecular formula is C15H36Si3. The average Bonchev–Trinajstić information content (AvgIpc) is 2.27. The highest BCUT2D eigenvalue weighted by molar-refractivity contribution is 7.41. The molecule has 0 nitrogen and oxygen atoms in total. The third-order valence-corrected chi connectivity index (χ3v) is 28.2. The fourth-order valence-corrected chi connectivity index (χ4v) is 19.7. The summed E-state index contributed by atoms with van der Waals surface area (Å²) >= 11 is 0. The summed E-state index contributed by atoms with van der Waals surface area (Å²) in [7, 11) is -2.76. The zero-order valence-corrected chi connectivity index (χ0v) is 17.0. The van der Waals surface area contributed by atoms with Gasteiger partial charge in [0.2, 0.25) is 0 Å². The molecule has 0 heterocycles. The molecule has 0 unspecified atom stereocenters. The third-order valence-electron chi connectivity index (χ3n) is 5.87. The Morgan fingerprint density at radius 1 is 0.722 bits per heavy atom. The van der Waals surface area contributed by atoms with E-state index < -0.39 is 23.3 Å². The van der Waals surface area contributed by atoms with E-state index in [0.717, 1.165) is 5.54 Å². The molecule has 0 aromatic rings. The molecule has 108 valence electrons. The van der Waals surface area contributed by atoms with E-state index in [-0.39, 0.29) is 0 Å². The van der Waals surface area contributed by atoms with Gasteiger partial charge in [-0.15, -0.1) is 0 Å². The Labute approximate surface area is 119 Å². The van der Waals surface area contributed by atoms with E-state index in [2.05, 4.69) is 45.8 Å². The van der Waals surface area contributed by atoms with Crippen LogP contribution in [0.4, 0.5) is 0 Å². The lowest BCUT2D eigenvalue weighted by atomic mass is 10.0. The van der Waals surface area contributed by atoms with Gasteiger partial charge in [0.25, 0.3) is 0 Å². The van der Waals surface area contributed by atoms with Crippen LogP contribution < -0.4 is 0 Å². The first kappa shape index (κ1) is 16.7. The molecule has 0 amide bonds. The fraction of sp³-hybridized carbons (Fsp3) is 1.00. The van der Waals surface area contributed by atoms with Crippen LogP contribution in [0.1, 0.15) is 32.1 Å². The summed E-state index contributed by atoms with van der Waals surface area (Å²) in [4.78, 5) is 0. The summed E-state index contributed by atoms with van der Waals surface area (Å²) < 4.78 is 0. The van der Waals surface area contributed by atoms with Crippen LogP contribution >= 0.6 is 0 Å². The molecule has 0 aromatic heterocycles. The normalized spacial score (nSPS) is 20.2. The van der Waals surface area contributed by atoms with Gasteiger partial charge in [0.15, 0.2) is 0 Å². The molecule has 0 N–H and O–H groups in total. The predicted octanol–water partition coefficient (Wildman–Crippen LogP) is 6.15. The molecule has 1 fully saturated rings. The van der Waals surface area contributed by atoms with E-state index in [0.29, 0.717) is 0 Å². The Morgan fingerprint density at radius 2 is 1.22 bits per heavy atom. The molecule has 0 atom stereocenters. The van der Waals surface area contributed by atoms with E-state index in [1.807, 2.05) is 0 Å². The van der Waals surface area contributed by atoms with E-state index >= 15 is 0 Å². The Morgan fingerprint density at radius 3 is 1.67 bits per heavy atom. The van der Waals surface area contributed by atoms with Crippen molar-refractivity contribution in [1.29, 1.82) is 0 Å². The monoisotopic (exact) mass is 300 g/mol. The largest absolute Gasteiger partial charge is 0.0713 e. The van der Waals surface area contributed by atoms with Crippen LogP contribution in [0.15, 0.2) is 0 Å². The molecule has 0 bridgehead atoms. The number of hydrogen-bond donors (Lipinski definition) is 0. The lowest BCUT2D eigenvalue weighted by molar-refractivity contribution is 0.495. The lowest BCUT2D eigenvalue weighted by Crippen LogP contribution is -2.58. The van der Waals surface area contributed by atoms with Gasteiger partial charge in [-0.25, -0.2) is 0 Å². The highest BCUT2D eigenvalue weighted by Crippen LogP contribution is 2.43. The zero-order valence-electron chi connectivity index (χ0n) is 14.0. The second kappa shape index (κ2) is 5.96. The van der Waals surface area contributed by atoms with Crippen molar-refractivity contribution in [2.75, 3.05) is 0 Å². The van der Waals surface area contributed by atoms with Crippen molar-refractivity contribution in [1.82, 2.24) is 0 Å². The molecule has 18 heavy (non-hydrogen) atoms. The average molecular weight is 301 g/mol. The van der Waals surface area contributed by atoms with E-state index in [1.54, 1.807) is 24.9 Å². The summed E-state index contributed by atoms with van der Waals surface area (Å²) in [6, 6.07) is 3.20. The summed E-state index contributed by atoms with van der Waals surface area (Å²) in [6.45, 7) is 18.6. The summed E-state index contributed by atoms with van der Waals surface area (Å²) in [5, 5.41) is 0. The van der Waals surface area contributed by atoms with Crippen molar-refractivity contribution in [3.63, 3.8) is 0 Å². The number of hydrogen-bond acceptors (Lipinski definition) is 0. The van der Waals surface area contributed by atoms with Crippen LogP contribution in [0.5, 0.6) is 0 Å². The molecule has 0 aliphatic heterocycles. The highest BCUT2D eigenvalue weighted by Gasteiger charge is 2.46. The molecule has 0 spiro atoms. The van der Waals surface area contributed by atoms with Gasteiger partial charge >= 0.3 is 0 Å². The summed E-state index contributed by atoms with van der Waals surface area (Å²) in [5.74, 6) is 0. The van der Waals surface area contributed by atoms with Crippen LogP contribution in [0.2, 0.25) is 63.5 Å². The van der Waals surface area contributed by atoms with Crippen LogP contribution in [-0.4, -0.2) is 23.3 Å². The Kier molecular flexibility index (Phi) is 5.53. The minimum absolute atomic E-state index is 0.838. The first-order chi connectivity index (χ1) is 8.06. The smallest absolute Gasteiger partial charge is 0.0443 e.